The normalized spacial score (nSPS) is 12.9. The quantitative estimate of drug-likeness (QED) is 0.684. The van der Waals surface area contributed by atoms with E-state index in [0.717, 1.165) is 6.54 Å². The van der Waals surface area contributed by atoms with Gasteiger partial charge in [0.1, 0.15) is 0 Å². The molecule has 0 atom stereocenters. The van der Waals surface area contributed by atoms with Crippen LogP contribution >= 0.6 is 0 Å². The van der Waals surface area contributed by atoms with Crippen molar-refractivity contribution in [3.63, 3.8) is 0 Å². The molecule has 1 aliphatic heterocycles. The molecule has 1 aliphatic rings. The second-order valence-electron chi connectivity index (χ2n) is 4.07. The summed E-state index contributed by atoms with van der Waals surface area (Å²) in [6.07, 6.45) is 1.90. The van der Waals surface area contributed by atoms with Gasteiger partial charge in [-0.3, -0.25) is 5.10 Å². The van der Waals surface area contributed by atoms with E-state index in [1.807, 2.05) is 6.20 Å². The van der Waals surface area contributed by atoms with Gasteiger partial charge in [-0.2, -0.15) is 5.10 Å². The maximum absolute atomic E-state index is 4.11. The van der Waals surface area contributed by atoms with Gasteiger partial charge in [0, 0.05) is 23.4 Å². The standard InChI is InChI=1S/C12H13N3/c1-7-3-4-8(2)11-10(7)12-9(5-13-11)6-14-15-12/h3-4,6,13H,5H2,1-2H3,(H,14,15). The van der Waals surface area contributed by atoms with Crippen molar-refractivity contribution < 1.29 is 0 Å². The second-order valence-corrected chi connectivity index (χ2v) is 4.07. The minimum absolute atomic E-state index is 0.864. The highest BCUT2D eigenvalue weighted by Crippen LogP contribution is 2.38. The third-order valence-corrected chi connectivity index (χ3v) is 3.05. The van der Waals surface area contributed by atoms with Crippen LogP contribution in [0.2, 0.25) is 0 Å². The molecule has 0 amide bonds. The van der Waals surface area contributed by atoms with Crippen molar-refractivity contribution in [2.75, 3.05) is 5.32 Å². The number of hydrogen-bond donors (Lipinski definition) is 2. The first-order valence-electron chi connectivity index (χ1n) is 5.14. The molecule has 15 heavy (non-hydrogen) atoms. The number of fused-ring (bicyclic) bond motifs is 3. The van der Waals surface area contributed by atoms with Crippen LogP contribution in [0.1, 0.15) is 16.7 Å². The number of aromatic amines is 1. The Labute approximate surface area is 88.5 Å². The third kappa shape index (κ3) is 1.09. The van der Waals surface area contributed by atoms with Crippen molar-refractivity contribution >= 4 is 5.69 Å². The number of benzene rings is 1. The smallest absolute Gasteiger partial charge is 0.0723 e. The van der Waals surface area contributed by atoms with Crippen LogP contribution in [0.25, 0.3) is 11.3 Å². The number of hydrogen-bond acceptors (Lipinski definition) is 2. The fraction of sp³-hybridized carbons (Fsp3) is 0.250. The molecule has 0 unspecified atom stereocenters. The topological polar surface area (TPSA) is 40.7 Å². The molecule has 3 heteroatoms. The van der Waals surface area contributed by atoms with Crippen molar-refractivity contribution in [1.82, 2.24) is 10.2 Å². The number of aromatic nitrogens is 2. The fourth-order valence-corrected chi connectivity index (χ4v) is 2.21. The Morgan fingerprint density at radius 2 is 2.00 bits per heavy atom. The number of nitrogens with zero attached hydrogens (tertiary/aromatic N) is 1. The maximum atomic E-state index is 4.11. The Kier molecular flexibility index (Phi) is 1.63. The van der Waals surface area contributed by atoms with Gasteiger partial charge in [0.05, 0.1) is 11.9 Å². The van der Waals surface area contributed by atoms with Crippen LogP contribution in [-0.2, 0) is 6.54 Å². The molecule has 3 rings (SSSR count). The molecular formula is C12H13N3. The molecule has 1 aromatic carbocycles. The molecule has 2 aromatic rings. The average molecular weight is 199 g/mol. The molecule has 2 N–H and O–H groups in total. The van der Waals surface area contributed by atoms with Crippen LogP contribution in [0.15, 0.2) is 18.3 Å². The lowest BCUT2D eigenvalue weighted by atomic mass is 9.94. The first kappa shape index (κ1) is 8.53. The zero-order chi connectivity index (χ0) is 10.4. The summed E-state index contributed by atoms with van der Waals surface area (Å²) in [6, 6.07) is 4.31. The molecule has 2 heterocycles. The minimum atomic E-state index is 0.864. The lowest BCUT2D eigenvalue weighted by molar-refractivity contribution is 1.09. The molecule has 1 aromatic heterocycles. The van der Waals surface area contributed by atoms with Gasteiger partial charge in [-0.25, -0.2) is 0 Å². The van der Waals surface area contributed by atoms with E-state index in [4.69, 9.17) is 0 Å². The Bertz CT molecular complexity index is 526. The van der Waals surface area contributed by atoms with E-state index in [1.165, 1.54) is 33.6 Å². The number of nitrogens with one attached hydrogen (secondary N) is 2. The van der Waals surface area contributed by atoms with Crippen LogP contribution in [0, 0.1) is 13.8 Å². The summed E-state index contributed by atoms with van der Waals surface area (Å²) >= 11 is 0. The molecule has 0 saturated carbocycles. The monoisotopic (exact) mass is 199 g/mol. The number of H-pyrrole nitrogens is 1. The highest BCUT2D eigenvalue weighted by Gasteiger charge is 2.20. The molecule has 0 aliphatic carbocycles. The van der Waals surface area contributed by atoms with Crippen molar-refractivity contribution in [2.24, 2.45) is 0 Å². The second kappa shape index (κ2) is 2.86. The molecular weight excluding hydrogens is 186 g/mol. The highest BCUT2D eigenvalue weighted by molar-refractivity contribution is 5.84. The summed E-state index contributed by atoms with van der Waals surface area (Å²) in [7, 11) is 0. The summed E-state index contributed by atoms with van der Waals surface area (Å²) in [6.45, 7) is 5.13. The van der Waals surface area contributed by atoms with E-state index >= 15 is 0 Å². The first-order chi connectivity index (χ1) is 7.27. The number of aryl methyl sites for hydroxylation is 2. The van der Waals surface area contributed by atoms with Gasteiger partial charge in [-0.1, -0.05) is 12.1 Å². The van der Waals surface area contributed by atoms with E-state index in [1.54, 1.807) is 0 Å². The van der Waals surface area contributed by atoms with Gasteiger partial charge in [0.15, 0.2) is 0 Å². The minimum Gasteiger partial charge on any atom is -0.380 e. The van der Waals surface area contributed by atoms with Crippen molar-refractivity contribution in [3.8, 4) is 11.3 Å². The molecule has 3 nitrogen and oxygen atoms in total. The van der Waals surface area contributed by atoms with Crippen LogP contribution in [0.4, 0.5) is 5.69 Å². The van der Waals surface area contributed by atoms with Crippen molar-refractivity contribution in [2.45, 2.75) is 20.4 Å². The van der Waals surface area contributed by atoms with Crippen LogP contribution < -0.4 is 5.32 Å². The molecule has 0 saturated heterocycles. The number of rotatable bonds is 0. The van der Waals surface area contributed by atoms with E-state index in [-0.39, 0.29) is 0 Å². The first-order valence-corrected chi connectivity index (χ1v) is 5.14. The van der Waals surface area contributed by atoms with Gasteiger partial charge in [-0.15, -0.1) is 0 Å². The van der Waals surface area contributed by atoms with Gasteiger partial charge >= 0.3 is 0 Å². The fourth-order valence-electron chi connectivity index (χ4n) is 2.21. The SMILES string of the molecule is Cc1ccc(C)c2c1NCc1cn[nH]c1-2. The van der Waals surface area contributed by atoms with Gasteiger partial charge < -0.3 is 5.32 Å². The largest absolute Gasteiger partial charge is 0.380 e. The molecule has 0 fully saturated rings. The summed E-state index contributed by atoms with van der Waals surface area (Å²) in [5.41, 5.74) is 7.51. The average Bonchev–Trinajstić information content (AvgIpc) is 2.70. The van der Waals surface area contributed by atoms with E-state index < -0.39 is 0 Å². The summed E-state index contributed by atoms with van der Waals surface area (Å²) in [5, 5.41) is 10.7. The Balaban J connectivity index is 2.36. The van der Waals surface area contributed by atoms with E-state index in [0.29, 0.717) is 0 Å². The van der Waals surface area contributed by atoms with E-state index in [9.17, 15) is 0 Å². The molecule has 0 radical (unpaired) electrons. The highest BCUT2D eigenvalue weighted by atomic mass is 15.1. The Morgan fingerprint density at radius 1 is 1.20 bits per heavy atom. The van der Waals surface area contributed by atoms with Crippen LogP contribution in [0.5, 0.6) is 0 Å². The Hall–Kier alpha value is -1.77. The molecule has 76 valence electrons. The lowest BCUT2D eigenvalue weighted by Crippen LogP contribution is -2.09. The zero-order valence-electron chi connectivity index (χ0n) is 8.89. The van der Waals surface area contributed by atoms with Gasteiger partial charge in [0.2, 0.25) is 0 Å². The van der Waals surface area contributed by atoms with Gasteiger partial charge in [-0.05, 0) is 25.0 Å². The summed E-state index contributed by atoms with van der Waals surface area (Å²) in [5.74, 6) is 0. The summed E-state index contributed by atoms with van der Waals surface area (Å²) < 4.78 is 0. The summed E-state index contributed by atoms with van der Waals surface area (Å²) in [4.78, 5) is 0. The third-order valence-electron chi connectivity index (χ3n) is 3.05. The van der Waals surface area contributed by atoms with Crippen molar-refractivity contribution in [3.05, 3.63) is 35.0 Å². The zero-order valence-corrected chi connectivity index (χ0v) is 8.89. The van der Waals surface area contributed by atoms with E-state index in [2.05, 4.69) is 41.5 Å². The van der Waals surface area contributed by atoms with Gasteiger partial charge in [0.25, 0.3) is 0 Å². The number of anilines is 1. The molecule has 0 spiro atoms. The predicted molar refractivity (Wildman–Crippen MR) is 60.8 cm³/mol. The predicted octanol–water partition coefficient (Wildman–Crippen LogP) is 2.62. The lowest BCUT2D eigenvalue weighted by Gasteiger charge is -2.21. The van der Waals surface area contributed by atoms with Crippen LogP contribution in [-0.4, -0.2) is 10.2 Å². The molecule has 0 bridgehead atoms. The van der Waals surface area contributed by atoms with Crippen LogP contribution in [0.3, 0.4) is 0 Å². The Morgan fingerprint density at radius 3 is 2.87 bits per heavy atom. The van der Waals surface area contributed by atoms with Crippen molar-refractivity contribution in [1.29, 1.82) is 0 Å². The maximum Gasteiger partial charge on any atom is 0.0723 e.